The van der Waals surface area contributed by atoms with Crippen molar-refractivity contribution in [2.24, 2.45) is 0 Å². The number of fused-ring (bicyclic) bond motifs is 1. The lowest BCUT2D eigenvalue weighted by atomic mass is 10.2. The molecular weight excluding hydrogens is 569 g/mol. The Labute approximate surface area is 209 Å². The predicted octanol–water partition coefficient (Wildman–Crippen LogP) is 5.42. The van der Waals surface area contributed by atoms with Gasteiger partial charge >= 0.3 is 0 Å². The molecule has 0 bridgehead atoms. The van der Waals surface area contributed by atoms with Crippen molar-refractivity contribution in [2.75, 3.05) is 16.2 Å². The minimum Gasteiger partial charge on any atom is -0.298 e. The van der Waals surface area contributed by atoms with Crippen LogP contribution < -0.4 is 9.62 Å². The molecule has 0 unspecified atom stereocenters. The molecule has 1 N–H and O–H groups in total. The lowest BCUT2D eigenvalue weighted by Crippen LogP contribution is -2.29. The Balaban J connectivity index is 1.31. The number of carbonyl (C=O) groups is 1. The highest BCUT2D eigenvalue weighted by Gasteiger charge is 2.30. The number of benzene rings is 3. The predicted molar refractivity (Wildman–Crippen MR) is 139 cm³/mol. The molecule has 1 amide bonds. The van der Waals surface area contributed by atoms with Crippen molar-refractivity contribution in [3.05, 3.63) is 92.9 Å². The first-order chi connectivity index (χ1) is 15.9. The highest BCUT2D eigenvalue weighted by Crippen LogP contribution is 2.33. The van der Waals surface area contributed by atoms with Gasteiger partial charge in [0, 0.05) is 26.6 Å². The minimum atomic E-state index is -3.69. The van der Waals surface area contributed by atoms with Crippen molar-refractivity contribution in [1.29, 1.82) is 0 Å². The average Bonchev–Trinajstić information content (AvgIpc) is 3.47. The second-order valence-electron chi connectivity index (χ2n) is 7.48. The van der Waals surface area contributed by atoms with E-state index in [0.717, 1.165) is 20.4 Å². The number of carbonyl (C=O) groups excluding carboxylic acids is 1. The van der Waals surface area contributed by atoms with E-state index in [1.807, 2.05) is 53.9 Å². The molecule has 0 aliphatic carbocycles. The molecule has 0 atom stereocenters. The normalized spacial score (nSPS) is 13.1. The van der Waals surface area contributed by atoms with Crippen molar-refractivity contribution < 1.29 is 13.2 Å². The smallest absolute Gasteiger partial charge is 0.264 e. The number of halogens is 1. The van der Waals surface area contributed by atoms with Crippen molar-refractivity contribution in [3.63, 3.8) is 0 Å². The summed E-state index contributed by atoms with van der Waals surface area (Å²) in [4.78, 5) is 17.3. The summed E-state index contributed by atoms with van der Waals surface area (Å²) in [6.07, 6.45) is 0.688. The van der Waals surface area contributed by atoms with E-state index in [9.17, 15) is 13.2 Å². The minimum absolute atomic E-state index is 0.158. The fraction of sp³-hybridized carbons (Fsp3) is 0.0833. The van der Waals surface area contributed by atoms with Crippen molar-refractivity contribution in [3.8, 4) is 11.3 Å². The third kappa shape index (κ3) is 4.40. The summed E-state index contributed by atoms with van der Waals surface area (Å²) in [6, 6.07) is 21.5. The summed E-state index contributed by atoms with van der Waals surface area (Å²) in [6.45, 7) is 0.414. The summed E-state index contributed by atoms with van der Waals surface area (Å²) >= 11 is 3.59. The fourth-order valence-corrected chi connectivity index (χ4v) is 6.29. The van der Waals surface area contributed by atoms with Crippen molar-refractivity contribution in [2.45, 2.75) is 11.3 Å². The topological polar surface area (TPSA) is 79.4 Å². The lowest BCUT2D eigenvalue weighted by Gasteiger charge is -2.19. The molecular formula is C24H18IN3O3S2. The number of hydrogen-bond acceptors (Lipinski definition) is 5. The van der Waals surface area contributed by atoms with E-state index >= 15 is 0 Å². The fourth-order valence-electron chi connectivity index (χ4n) is 3.72. The van der Waals surface area contributed by atoms with Crippen LogP contribution in [0.3, 0.4) is 0 Å². The quantitative estimate of drug-likeness (QED) is 0.317. The molecule has 0 saturated heterocycles. The monoisotopic (exact) mass is 587 g/mol. The molecule has 9 heteroatoms. The average molecular weight is 587 g/mol. The van der Waals surface area contributed by atoms with Crippen LogP contribution >= 0.6 is 33.9 Å². The summed E-state index contributed by atoms with van der Waals surface area (Å²) < 4.78 is 28.9. The largest absolute Gasteiger partial charge is 0.298 e. The maximum atomic E-state index is 13.1. The van der Waals surface area contributed by atoms with E-state index in [1.165, 1.54) is 39.9 Å². The molecule has 1 aliphatic rings. The number of nitrogens with one attached hydrogen (secondary N) is 1. The maximum Gasteiger partial charge on any atom is 0.264 e. The number of hydrogen-bond donors (Lipinski definition) is 1. The van der Waals surface area contributed by atoms with Gasteiger partial charge in [-0.3, -0.25) is 14.4 Å². The molecule has 0 saturated carbocycles. The molecule has 6 nitrogen and oxygen atoms in total. The number of para-hydroxylation sites is 1. The number of sulfonamides is 1. The molecule has 1 aliphatic heterocycles. The van der Waals surface area contributed by atoms with Gasteiger partial charge in [0.05, 0.1) is 16.3 Å². The third-order valence-corrected chi connectivity index (χ3v) is 8.72. The van der Waals surface area contributed by atoms with Gasteiger partial charge in [0.25, 0.3) is 15.9 Å². The van der Waals surface area contributed by atoms with Gasteiger partial charge in [0.15, 0.2) is 5.13 Å². The first-order valence-corrected chi connectivity index (χ1v) is 13.6. The Morgan fingerprint density at radius 2 is 1.73 bits per heavy atom. The lowest BCUT2D eigenvalue weighted by molar-refractivity contribution is 0.102. The second-order valence-corrected chi connectivity index (χ2v) is 11.4. The molecule has 3 aromatic carbocycles. The number of nitrogens with zero attached hydrogens (tertiary/aromatic N) is 2. The maximum absolute atomic E-state index is 13.1. The summed E-state index contributed by atoms with van der Waals surface area (Å²) in [5.74, 6) is -0.339. The van der Waals surface area contributed by atoms with Gasteiger partial charge in [-0.15, -0.1) is 11.3 Å². The first kappa shape index (κ1) is 22.1. The Kier molecular flexibility index (Phi) is 5.94. The van der Waals surface area contributed by atoms with E-state index in [4.69, 9.17) is 0 Å². The molecule has 0 radical (unpaired) electrons. The summed E-state index contributed by atoms with van der Waals surface area (Å²) in [5.41, 5.74) is 3.86. The summed E-state index contributed by atoms with van der Waals surface area (Å²) in [5, 5.41) is 5.17. The van der Waals surface area contributed by atoms with Crippen LogP contribution in [0.25, 0.3) is 11.3 Å². The zero-order valence-electron chi connectivity index (χ0n) is 17.2. The van der Waals surface area contributed by atoms with Crippen LogP contribution in [0.15, 0.2) is 83.1 Å². The Bertz CT molecular complexity index is 1430. The van der Waals surface area contributed by atoms with Gasteiger partial charge in [-0.05, 0) is 77.0 Å². The summed E-state index contributed by atoms with van der Waals surface area (Å²) in [7, 11) is -3.69. The first-order valence-electron chi connectivity index (χ1n) is 10.2. The number of anilines is 2. The molecule has 0 spiro atoms. The van der Waals surface area contributed by atoms with E-state index < -0.39 is 10.0 Å². The number of aromatic nitrogens is 1. The highest BCUT2D eigenvalue weighted by molar-refractivity contribution is 14.1. The van der Waals surface area contributed by atoms with Gasteiger partial charge in [-0.1, -0.05) is 30.3 Å². The molecule has 166 valence electrons. The van der Waals surface area contributed by atoms with Crippen LogP contribution in [-0.4, -0.2) is 25.9 Å². The number of rotatable bonds is 5. The number of amides is 1. The molecule has 1 aromatic heterocycles. The van der Waals surface area contributed by atoms with E-state index in [2.05, 4.69) is 32.9 Å². The van der Waals surface area contributed by atoms with Crippen molar-refractivity contribution >= 4 is 60.7 Å². The Morgan fingerprint density at radius 3 is 2.48 bits per heavy atom. The van der Waals surface area contributed by atoms with Gasteiger partial charge in [-0.2, -0.15) is 0 Å². The standard InChI is InChI=1S/C24H18IN3O3S2/c25-19-9-5-16(6-10-19)21-15-32-24(26-21)27-23(29)18-7-11-20(12-8-18)33(30,31)28-14-13-17-3-1-2-4-22(17)28/h1-12,15H,13-14H2,(H,26,27,29). The molecule has 33 heavy (non-hydrogen) atoms. The van der Waals surface area contributed by atoms with Gasteiger partial charge in [0.2, 0.25) is 0 Å². The van der Waals surface area contributed by atoms with Crippen LogP contribution in [0, 0.1) is 3.57 Å². The zero-order chi connectivity index (χ0) is 23.0. The molecule has 4 aromatic rings. The molecule has 0 fully saturated rings. The highest BCUT2D eigenvalue weighted by atomic mass is 127. The zero-order valence-corrected chi connectivity index (χ0v) is 21.0. The van der Waals surface area contributed by atoms with Gasteiger partial charge in [0.1, 0.15) is 0 Å². The molecule has 2 heterocycles. The van der Waals surface area contributed by atoms with Crippen LogP contribution in [-0.2, 0) is 16.4 Å². The Hall–Kier alpha value is -2.76. The van der Waals surface area contributed by atoms with Crippen LogP contribution in [0.4, 0.5) is 10.8 Å². The Morgan fingerprint density at radius 1 is 1.00 bits per heavy atom. The van der Waals surface area contributed by atoms with E-state index in [1.54, 1.807) is 0 Å². The molecule has 5 rings (SSSR count). The SMILES string of the molecule is O=C(Nc1nc(-c2ccc(I)cc2)cs1)c1ccc(S(=O)(=O)N2CCc3ccccc32)cc1. The van der Waals surface area contributed by atoms with E-state index in [-0.39, 0.29) is 10.8 Å². The van der Waals surface area contributed by atoms with Crippen LogP contribution in [0.2, 0.25) is 0 Å². The van der Waals surface area contributed by atoms with Gasteiger partial charge < -0.3 is 0 Å². The van der Waals surface area contributed by atoms with Crippen molar-refractivity contribution in [1.82, 2.24) is 4.98 Å². The number of thiazole rings is 1. The third-order valence-electron chi connectivity index (χ3n) is 5.41. The van der Waals surface area contributed by atoms with Gasteiger partial charge in [-0.25, -0.2) is 13.4 Å². The van der Waals surface area contributed by atoms with E-state index in [0.29, 0.717) is 29.3 Å². The van der Waals surface area contributed by atoms with Crippen LogP contribution in [0.1, 0.15) is 15.9 Å². The van der Waals surface area contributed by atoms with Crippen LogP contribution in [0.5, 0.6) is 0 Å². The second kappa shape index (κ2) is 8.88.